The third kappa shape index (κ3) is 4.29. The number of urea groups is 1. The lowest BCUT2D eigenvalue weighted by atomic mass is 10.2. The zero-order chi connectivity index (χ0) is 13.1. The summed E-state index contributed by atoms with van der Waals surface area (Å²) < 4.78 is 38.0. The lowest BCUT2D eigenvalue weighted by molar-refractivity contribution is -0.00785. The Morgan fingerprint density at radius 1 is 1.47 bits per heavy atom. The summed E-state index contributed by atoms with van der Waals surface area (Å²) in [6, 6.07) is 0.186. The number of hydrogen-bond acceptors (Lipinski definition) is 2. The zero-order valence-electron chi connectivity index (χ0n) is 9.30. The average molecular weight is 247 g/mol. The quantitative estimate of drug-likeness (QED) is 0.861. The van der Waals surface area contributed by atoms with Gasteiger partial charge >= 0.3 is 6.03 Å². The van der Waals surface area contributed by atoms with E-state index in [0.29, 0.717) is 6.92 Å². The lowest BCUT2D eigenvalue weighted by Crippen LogP contribution is -2.45. The normalized spacial score (nSPS) is 13.0. The molecule has 0 aliphatic carbocycles. The molecule has 1 aromatic rings. The average Bonchev–Trinajstić information content (AvgIpc) is 2.20. The SMILES string of the molecule is CC(NC(=O)Nc1ccc(F)cn1)C(C)(F)F. The van der Waals surface area contributed by atoms with E-state index < -0.39 is 23.8 Å². The van der Waals surface area contributed by atoms with Crippen LogP contribution in [0.4, 0.5) is 23.8 Å². The number of aromatic nitrogens is 1. The molecule has 0 aliphatic heterocycles. The van der Waals surface area contributed by atoms with Crippen molar-refractivity contribution < 1.29 is 18.0 Å². The van der Waals surface area contributed by atoms with Crippen LogP contribution >= 0.6 is 0 Å². The lowest BCUT2D eigenvalue weighted by Gasteiger charge is -2.20. The number of halogens is 3. The topological polar surface area (TPSA) is 54.0 Å². The molecule has 0 fully saturated rings. The summed E-state index contributed by atoms with van der Waals surface area (Å²) in [5.74, 6) is -3.49. The van der Waals surface area contributed by atoms with Crippen molar-refractivity contribution in [2.75, 3.05) is 5.32 Å². The number of pyridine rings is 1. The molecule has 4 nitrogen and oxygen atoms in total. The van der Waals surface area contributed by atoms with Gasteiger partial charge in [-0.25, -0.2) is 22.9 Å². The molecular weight excluding hydrogens is 235 g/mol. The Morgan fingerprint density at radius 2 is 2.12 bits per heavy atom. The van der Waals surface area contributed by atoms with Crippen LogP contribution in [-0.4, -0.2) is 23.0 Å². The first kappa shape index (κ1) is 13.3. The van der Waals surface area contributed by atoms with Gasteiger partial charge in [-0.1, -0.05) is 0 Å². The van der Waals surface area contributed by atoms with Gasteiger partial charge in [0.2, 0.25) is 0 Å². The minimum atomic E-state index is -3.02. The minimum Gasteiger partial charge on any atom is -0.329 e. The Balaban J connectivity index is 2.53. The summed E-state index contributed by atoms with van der Waals surface area (Å²) in [5.41, 5.74) is 0. The van der Waals surface area contributed by atoms with Crippen LogP contribution in [0.1, 0.15) is 13.8 Å². The van der Waals surface area contributed by atoms with E-state index in [1.807, 2.05) is 5.32 Å². The van der Waals surface area contributed by atoms with Gasteiger partial charge < -0.3 is 5.32 Å². The maximum atomic E-state index is 12.8. The molecule has 0 bridgehead atoms. The van der Waals surface area contributed by atoms with E-state index in [-0.39, 0.29) is 5.82 Å². The highest BCUT2D eigenvalue weighted by Crippen LogP contribution is 2.16. The number of carbonyl (C=O) groups is 1. The predicted molar refractivity (Wildman–Crippen MR) is 56.4 cm³/mol. The van der Waals surface area contributed by atoms with E-state index >= 15 is 0 Å². The van der Waals surface area contributed by atoms with Gasteiger partial charge in [0.1, 0.15) is 11.6 Å². The van der Waals surface area contributed by atoms with E-state index in [1.54, 1.807) is 0 Å². The molecule has 2 N–H and O–H groups in total. The number of anilines is 1. The standard InChI is InChI=1S/C10H12F3N3O/c1-6(10(2,12)13)15-9(17)16-8-4-3-7(11)5-14-8/h3-6H,1-2H3,(H2,14,15,16,17). The molecule has 0 spiro atoms. The molecule has 0 aromatic carbocycles. The fourth-order valence-electron chi connectivity index (χ4n) is 0.926. The van der Waals surface area contributed by atoms with Crippen LogP contribution in [0.5, 0.6) is 0 Å². The smallest absolute Gasteiger partial charge is 0.320 e. The Bertz CT molecular complexity index is 389. The van der Waals surface area contributed by atoms with E-state index in [9.17, 15) is 18.0 Å². The first-order valence-electron chi connectivity index (χ1n) is 4.86. The van der Waals surface area contributed by atoms with Crippen LogP contribution in [0.15, 0.2) is 18.3 Å². The zero-order valence-corrected chi connectivity index (χ0v) is 9.30. The van der Waals surface area contributed by atoms with Gasteiger partial charge in [-0.15, -0.1) is 0 Å². The van der Waals surface area contributed by atoms with Crippen molar-refractivity contribution in [3.8, 4) is 0 Å². The molecule has 1 aromatic heterocycles. The highest BCUT2D eigenvalue weighted by atomic mass is 19.3. The molecule has 1 heterocycles. The summed E-state index contributed by atoms with van der Waals surface area (Å²) in [6.45, 7) is 1.88. The van der Waals surface area contributed by atoms with Crippen LogP contribution in [0, 0.1) is 5.82 Å². The first-order valence-corrected chi connectivity index (χ1v) is 4.86. The molecule has 94 valence electrons. The number of nitrogens with zero attached hydrogens (tertiary/aromatic N) is 1. The molecule has 1 rings (SSSR count). The van der Waals surface area contributed by atoms with Crippen molar-refractivity contribution in [2.45, 2.75) is 25.8 Å². The van der Waals surface area contributed by atoms with E-state index in [0.717, 1.165) is 12.3 Å². The van der Waals surface area contributed by atoms with Crippen molar-refractivity contribution >= 4 is 11.8 Å². The number of amides is 2. The summed E-state index contributed by atoms with van der Waals surface area (Å²) in [6.07, 6.45) is 0.910. The fraction of sp³-hybridized carbons (Fsp3) is 0.400. The number of rotatable bonds is 3. The molecule has 0 radical (unpaired) electrons. The molecule has 1 unspecified atom stereocenters. The Labute approximate surface area is 96.2 Å². The van der Waals surface area contributed by atoms with Gasteiger partial charge in [0.15, 0.2) is 0 Å². The van der Waals surface area contributed by atoms with Crippen molar-refractivity contribution in [3.05, 3.63) is 24.1 Å². The molecule has 17 heavy (non-hydrogen) atoms. The molecule has 1 atom stereocenters. The molecule has 0 aliphatic rings. The largest absolute Gasteiger partial charge is 0.329 e. The van der Waals surface area contributed by atoms with Gasteiger partial charge in [0, 0.05) is 6.92 Å². The van der Waals surface area contributed by atoms with Crippen LogP contribution in [0.2, 0.25) is 0 Å². The summed E-state index contributed by atoms with van der Waals surface area (Å²) >= 11 is 0. The van der Waals surface area contributed by atoms with Crippen molar-refractivity contribution in [1.29, 1.82) is 0 Å². The van der Waals surface area contributed by atoms with Crippen LogP contribution in [0.3, 0.4) is 0 Å². The number of carbonyl (C=O) groups excluding carboxylic acids is 1. The summed E-state index contributed by atoms with van der Waals surface area (Å²) in [5, 5.41) is 4.26. The van der Waals surface area contributed by atoms with Crippen LogP contribution < -0.4 is 10.6 Å². The minimum absolute atomic E-state index is 0.0792. The van der Waals surface area contributed by atoms with E-state index in [2.05, 4.69) is 10.3 Å². The summed E-state index contributed by atoms with van der Waals surface area (Å²) in [7, 11) is 0. The van der Waals surface area contributed by atoms with E-state index in [4.69, 9.17) is 0 Å². The molecule has 7 heteroatoms. The third-order valence-corrected chi connectivity index (χ3v) is 2.08. The summed E-state index contributed by atoms with van der Waals surface area (Å²) in [4.78, 5) is 14.8. The van der Waals surface area contributed by atoms with Crippen molar-refractivity contribution in [1.82, 2.24) is 10.3 Å². The Hall–Kier alpha value is -1.79. The van der Waals surface area contributed by atoms with Gasteiger partial charge in [0.25, 0.3) is 5.92 Å². The number of hydrogen-bond donors (Lipinski definition) is 2. The van der Waals surface area contributed by atoms with E-state index in [1.165, 1.54) is 13.0 Å². The number of nitrogens with one attached hydrogen (secondary N) is 2. The van der Waals surface area contributed by atoms with Crippen molar-refractivity contribution in [3.63, 3.8) is 0 Å². The monoisotopic (exact) mass is 247 g/mol. The second-order valence-electron chi connectivity index (χ2n) is 3.64. The van der Waals surface area contributed by atoms with Gasteiger partial charge in [-0.2, -0.15) is 0 Å². The van der Waals surface area contributed by atoms with Crippen LogP contribution in [0.25, 0.3) is 0 Å². The highest BCUT2D eigenvalue weighted by Gasteiger charge is 2.31. The third-order valence-electron chi connectivity index (χ3n) is 2.08. The number of alkyl halides is 2. The van der Waals surface area contributed by atoms with Crippen molar-refractivity contribution in [2.24, 2.45) is 0 Å². The first-order chi connectivity index (χ1) is 7.79. The molecular formula is C10H12F3N3O. The van der Waals surface area contributed by atoms with Gasteiger partial charge in [-0.3, -0.25) is 5.32 Å². The second-order valence-corrected chi connectivity index (χ2v) is 3.64. The second kappa shape index (κ2) is 5.03. The maximum Gasteiger partial charge on any atom is 0.320 e. The predicted octanol–water partition coefficient (Wildman–Crippen LogP) is 2.39. The highest BCUT2D eigenvalue weighted by molar-refractivity contribution is 5.88. The Morgan fingerprint density at radius 3 is 2.59 bits per heavy atom. The maximum absolute atomic E-state index is 12.8. The molecule has 0 saturated heterocycles. The fourth-order valence-corrected chi connectivity index (χ4v) is 0.926. The van der Waals surface area contributed by atoms with Crippen LogP contribution in [-0.2, 0) is 0 Å². The Kier molecular flexibility index (Phi) is 3.93. The molecule has 0 saturated carbocycles. The molecule has 2 amide bonds. The van der Waals surface area contributed by atoms with Gasteiger partial charge in [0.05, 0.1) is 12.2 Å². The van der Waals surface area contributed by atoms with Gasteiger partial charge in [-0.05, 0) is 19.1 Å².